The van der Waals surface area contributed by atoms with Crippen LogP contribution in [0, 0.1) is 6.92 Å². The van der Waals surface area contributed by atoms with E-state index in [4.69, 9.17) is 10.5 Å². The zero-order valence-corrected chi connectivity index (χ0v) is 7.16. The molecule has 3 nitrogen and oxygen atoms in total. The summed E-state index contributed by atoms with van der Waals surface area (Å²) in [5.74, 6) is 0. The van der Waals surface area contributed by atoms with E-state index in [1.165, 1.54) is 11.1 Å². The lowest BCUT2D eigenvalue weighted by atomic mass is 10.1. The third-order valence-corrected chi connectivity index (χ3v) is 1.32. The minimum atomic E-state index is 0.250. The number of rotatable bonds is 1. The van der Waals surface area contributed by atoms with Gasteiger partial charge in [0.05, 0.1) is 0 Å². The van der Waals surface area contributed by atoms with E-state index >= 15 is 0 Å². The third-order valence-electron chi connectivity index (χ3n) is 1.32. The Morgan fingerprint density at radius 2 is 2.08 bits per heavy atom. The molecule has 1 aromatic rings. The maximum atomic E-state index is 8.58. The van der Waals surface area contributed by atoms with Crippen LogP contribution in [0.4, 0.5) is 0 Å². The highest BCUT2D eigenvalue weighted by Gasteiger charge is 1.85. The number of carbonyl (C=O) groups excluding carboxylic acids is 1. The van der Waals surface area contributed by atoms with Crippen molar-refractivity contribution in [3.63, 3.8) is 0 Å². The van der Waals surface area contributed by atoms with Crippen LogP contribution >= 0.6 is 0 Å². The van der Waals surface area contributed by atoms with Gasteiger partial charge in [-0.25, -0.2) is 0 Å². The zero-order valence-electron chi connectivity index (χ0n) is 7.16. The maximum Gasteiger partial charge on any atom is 0.204 e. The SMILES string of the molecule is Cc1cccc(CN)c1.NC=O. The molecule has 4 N–H and O–H groups in total. The van der Waals surface area contributed by atoms with Crippen molar-refractivity contribution in [2.24, 2.45) is 11.5 Å². The van der Waals surface area contributed by atoms with E-state index < -0.39 is 0 Å². The molecular formula is C9H14N2O. The Bertz CT molecular complexity index is 236. The molecule has 1 rings (SSSR count). The van der Waals surface area contributed by atoms with Crippen molar-refractivity contribution in [1.82, 2.24) is 0 Å². The minimum absolute atomic E-state index is 0.250. The molecule has 12 heavy (non-hydrogen) atoms. The Hall–Kier alpha value is -1.35. The summed E-state index contributed by atoms with van der Waals surface area (Å²) in [6.45, 7) is 2.71. The molecule has 66 valence electrons. The highest BCUT2D eigenvalue weighted by atomic mass is 16.1. The number of primary amides is 1. The molecule has 0 saturated carbocycles. The highest BCUT2D eigenvalue weighted by molar-refractivity contribution is 5.42. The largest absolute Gasteiger partial charge is 0.372 e. The second-order valence-corrected chi connectivity index (χ2v) is 2.33. The van der Waals surface area contributed by atoms with Crippen LogP contribution in [0.15, 0.2) is 24.3 Å². The fraction of sp³-hybridized carbons (Fsp3) is 0.222. The molecule has 1 aromatic carbocycles. The van der Waals surface area contributed by atoms with Gasteiger partial charge in [0.15, 0.2) is 0 Å². The molecule has 0 saturated heterocycles. The number of nitrogens with two attached hydrogens (primary N) is 2. The van der Waals surface area contributed by atoms with E-state index in [9.17, 15) is 0 Å². The summed E-state index contributed by atoms with van der Waals surface area (Å²) in [5.41, 5.74) is 12.1. The molecular weight excluding hydrogens is 152 g/mol. The van der Waals surface area contributed by atoms with Gasteiger partial charge in [0.1, 0.15) is 0 Å². The second kappa shape index (κ2) is 6.37. The van der Waals surface area contributed by atoms with Crippen molar-refractivity contribution in [1.29, 1.82) is 0 Å². The van der Waals surface area contributed by atoms with Gasteiger partial charge in [-0.1, -0.05) is 29.8 Å². The Labute approximate surface area is 72.4 Å². The van der Waals surface area contributed by atoms with Crippen molar-refractivity contribution in [2.75, 3.05) is 0 Å². The number of aryl methyl sites for hydroxylation is 1. The fourth-order valence-electron chi connectivity index (χ4n) is 0.839. The average molecular weight is 166 g/mol. The topological polar surface area (TPSA) is 69.1 Å². The van der Waals surface area contributed by atoms with Gasteiger partial charge < -0.3 is 11.5 Å². The molecule has 0 radical (unpaired) electrons. The molecule has 0 aliphatic heterocycles. The lowest BCUT2D eigenvalue weighted by Gasteiger charge is -1.95. The summed E-state index contributed by atoms with van der Waals surface area (Å²) in [6.07, 6.45) is 0.250. The molecule has 0 spiro atoms. The molecule has 0 bridgehead atoms. The van der Waals surface area contributed by atoms with Crippen LogP contribution in [-0.2, 0) is 11.3 Å². The van der Waals surface area contributed by atoms with Crippen molar-refractivity contribution in [3.05, 3.63) is 35.4 Å². The number of hydrogen-bond acceptors (Lipinski definition) is 2. The molecule has 3 heteroatoms. The zero-order chi connectivity index (χ0) is 9.40. The summed E-state index contributed by atoms with van der Waals surface area (Å²) in [6, 6.07) is 8.23. The molecule has 0 unspecified atom stereocenters. The Kier molecular flexibility index (Phi) is 5.65. The summed E-state index contributed by atoms with van der Waals surface area (Å²) in [4.78, 5) is 8.58. The van der Waals surface area contributed by atoms with Crippen LogP contribution < -0.4 is 11.5 Å². The molecule has 0 aliphatic carbocycles. The van der Waals surface area contributed by atoms with Crippen molar-refractivity contribution < 1.29 is 4.79 Å². The first-order valence-corrected chi connectivity index (χ1v) is 3.65. The predicted molar refractivity (Wildman–Crippen MR) is 49.3 cm³/mol. The van der Waals surface area contributed by atoms with Crippen LogP contribution in [0.1, 0.15) is 11.1 Å². The van der Waals surface area contributed by atoms with E-state index in [1.54, 1.807) is 0 Å². The molecule has 0 fully saturated rings. The molecule has 0 heterocycles. The van der Waals surface area contributed by atoms with Gasteiger partial charge in [-0.2, -0.15) is 0 Å². The monoisotopic (exact) mass is 166 g/mol. The van der Waals surface area contributed by atoms with E-state index in [0.29, 0.717) is 6.54 Å². The van der Waals surface area contributed by atoms with Gasteiger partial charge in [-0.05, 0) is 12.5 Å². The van der Waals surface area contributed by atoms with E-state index in [-0.39, 0.29) is 6.41 Å². The van der Waals surface area contributed by atoms with Crippen LogP contribution in [0.5, 0.6) is 0 Å². The van der Waals surface area contributed by atoms with Gasteiger partial charge in [-0.3, -0.25) is 4.79 Å². The normalized spacial score (nSPS) is 8.17. The van der Waals surface area contributed by atoms with Gasteiger partial charge in [0.2, 0.25) is 6.41 Å². The quantitative estimate of drug-likeness (QED) is 0.598. The van der Waals surface area contributed by atoms with Crippen LogP contribution in [0.2, 0.25) is 0 Å². The number of benzene rings is 1. The van der Waals surface area contributed by atoms with Crippen molar-refractivity contribution in [3.8, 4) is 0 Å². The van der Waals surface area contributed by atoms with Crippen molar-refractivity contribution >= 4 is 6.41 Å². The number of carbonyl (C=O) groups is 1. The summed E-state index contributed by atoms with van der Waals surface area (Å²) < 4.78 is 0. The third kappa shape index (κ3) is 4.46. The predicted octanol–water partition coefficient (Wildman–Crippen LogP) is 0.555. The molecule has 0 aromatic heterocycles. The van der Waals surface area contributed by atoms with E-state index in [0.717, 1.165) is 0 Å². The van der Waals surface area contributed by atoms with Gasteiger partial charge in [0.25, 0.3) is 0 Å². The Morgan fingerprint density at radius 3 is 2.42 bits per heavy atom. The molecule has 0 atom stereocenters. The lowest BCUT2D eigenvalue weighted by Crippen LogP contribution is -1.95. The highest BCUT2D eigenvalue weighted by Crippen LogP contribution is 2.01. The first kappa shape index (κ1) is 10.7. The van der Waals surface area contributed by atoms with E-state index in [2.05, 4.69) is 24.8 Å². The molecule has 0 aliphatic rings. The molecule has 1 amide bonds. The number of amides is 1. The first-order chi connectivity index (χ1) is 5.74. The summed E-state index contributed by atoms with van der Waals surface area (Å²) in [5, 5.41) is 0. The second-order valence-electron chi connectivity index (χ2n) is 2.33. The standard InChI is InChI=1S/C8H11N.CH3NO/c1-7-3-2-4-8(5-7)6-9;2-1-3/h2-5H,6,9H2,1H3;1H,(H2,2,3). The average Bonchev–Trinajstić information content (AvgIpc) is 2.06. The Balaban J connectivity index is 0.000000354. The summed E-state index contributed by atoms with van der Waals surface area (Å²) in [7, 11) is 0. The van der Waals surface area contributed by atoms with Gasteiger partial charge in [-0.15, -0.1) is 0 Å². The van der Waals surface area contributed by atoms with E-state index in [1.807, 2.05) is 12.1 Å². The van der Waals surface area contributed by atoms with Crippen molar-refractivity contribution in [2.45, 2.75) is 13.5 Å². The fourth-order valence-corrected chi connectivity index (χ4v) is 0.839. The minimum Gasteiger partial charge on any atom is -0.372 e. The first-order valence-electron chi connectivity index (χ1n) is 3.65. The lowest BCUT2D eigenvalue weighted by molar-refractivity contribution is -0.106. The maximum absolute atomic E-state index is 8.58. The van der Waals surface area contributed by atoms with Gasteiger partial charge >= 0.3 is 0 Å². The summed E-state index contributed by atoms with van der Waals surface area (Å²) >= 11 is 0. The van der Waals surface area contributed by atoms with Crippen LogP contribution in [-0.4, -0.2) is 6.41 Å². The number of hydrogen-bond donors (Lipinski definition) is 2. The van der Waals surface area contributed by atoms with Crippen LogP contribution in [0.3, 0.4) is 0 Å². The smallest absolute Gasteiger partial charge is 0.204 e. The van der Waals surface area contributed by atoms with Gasteiger partial charge in [0, 0.05) is 6.54 Å². The Morgan fingerprint density at radius 1 is 1.50 bits per heavy atom. The van der Waals surface area contributed by atoms with Crippen LogP contribution in [0.25, 0.3) is 0 Å².